The molecule has 488 valence electrons. The van der Waals surface area contributed by atoms with Crippen molar-refractivity contribution in [1.29, 1.82) is 0 Å². The molecule has 17 nitrogen and oxygen atoms in total. The first-order valence-corrected chi connectivity index (χ1v) is 33.2. The van der Waals surface area contributed by atoms with Crippen LogP contribution in [0.1, 0.15) is 108 Å². The van der Waals surface area contributed by atoms with Gasteiger partial charge in [0.1, 0.15) is 70.3 Å². The molecule has 2 aromatic heterocycles. The maximum Gasteiger partial charge on any atom is 0.276 e. The van der Waals surface area contributed by atoms with Gasteiger partial charge in [0.25, 0.3) is 11.8 Å². The van der Waals surface area contributed by atoms with E-state index in [1.807, 2.05) is 95.5 Å². The zero-order valence-corrected chi connectivity index (χ0v) is 60.2. The maximum absolute atomic E-state index is 14.0. The zero-order valence-electron chi connectivity index (χ0n) is 52.3. The van der Waals surface area contributed by atoms with Crippen LogP contribution in [0.2, 0.25) is 0 Å². The van der Waals surface area contributed by atoms with Gasteiger partial charge in [-0.15, -0.1) is 0 Å². The predicted octanol–water partition coefficient (Wildman–Crippen LogP) is 16.0. The lowest BCUT2D eigenvalue weighted by molar-refractivity contribution is -0.116. The van der Waals surface area contributed by atoms with Gasteiger partial charge in [0, 0.05) is 101 Å². The second kappa shape index (κ2) is 34.6. The standard InChI is InChI=1S/C17H20BrN5O2.C16H18BrFN4O.C12H12BrFN2O.2C11H9BrFN/c1-10(2)21-22-11(3)19-17(24)14-9-23-6-7-25-15-8-12(18)4-5-13(15)16(23)20-14;1-9(2)21-22-10(3)19-16(23)15-7-6-14(20-15)12-5-4-11(17)8-13(12)18;1-8-7-16(4-5-17)12(15-8)10-3-2-9(13)6-11(10)14;2*1-7-2-5-11(14-7)9-4-3-8(12)6-10(9)13/h4-5,8-10,21H,6-7H2,1-3H3,(H,19,22,24);4-5,7-9,21H,6H2,1-3H3,(H,19,22,23);2-3,6-7,17H,4-5H2,1H3;2*2-4,6H,5H2,1H3. The van der Waals surface area contributed by atoms with Gasteiger partial charge in [-0.3, -0.25) is 19.6 Å². The molecule has 0 atom stereocenters. The predicted molar refractivity (Wildman–Crippen MR) is 378 cm³/mol. The zero-order chi connectivity index (χ0) is 67.6. The summed E-state index contributed by atoms with van der Waals surface area (Å²) >= 11 is 16.3. The third-order valence-corrected chi connectivity index (χ3v) is 15.7. The summed E-state index contributed by atoms with van der Waals surface area (Å²) in [6.07, 6.45) is 11.1. The Hall–Kier alpha value is -7.49. The van der Waals surface area contributed by atoms with Gasteiger partial charge in [-0.1, -0.05) is 91.8 Å². The average molecular weight is 1590 g/mol. The van der Waals surface area contributed by atoms with Gasteiger partial charge >= 0.3 is 0 Å². The van der Waals surface area contributed by atoms with Gasteiger partial charge in [-0.25, -0.2) is 32.5 Å². The Labute approximate surface area is 579 Å². The molecule has 0 unspecified atom stereocenters. The number of amides is 2. The van der Waals surface area contributed by atoms with Crippen LogP contribution in [0.25, 0.3) is 22.8 Å². The van der Waals surface area contributed by atoms with Gasteiger partial charge in [0.05, 0.1) is 47.1 Å². The second-order valence-corrected chi connectivity index (χ2v) is 26.3. The van der Waals surface area contributed by atoms with E-state index in [0.29, 0.717) is 86.2 Å². The van der Waals surface area contributed by atoms with Gasteiger partial charge in [-0.2, -0.15) is 10.2 Å². The third-order valence-electron chi connectivity index (χ3n) is 13.3. The van der Waals surface area contributed by atoms with Gasteiger partial charge in [0.15, 0.2) is 0 Å². The first-order chi connectivity index (χ1) is 44.2. The third kappa shape index (κ3) is 21.5. The minimum Gasteiger partial charge on any atom is -0.491 e. The van der Waals surface area contributed by atoms with Crippen molar-refractivity contribution in [1.82, 2.24) is 40.6 Å². The Morgan fingerprint density at radius 3 is 1.44 bits per heavy atom. The number of aliphatic hydroxyl groups excluding tert-OH is 1. The maximum atomic E-state index is 14.0. The Kier molecular flexibility index (Phi) is 27.1. The van der Waals surface area contributed by atoms with Crippen LogP contribution in [0.3, 0.4) is 0 Å². The van der Waals surface area contributed by atoms with E-state index >= 15 is 0 Å². The van der Waals surface area contributed by atoms with Crippen molar-refractivity contribution >= 4 is 120 Å². The Balaban J connectivity index is 0.000000168. The lowest BCUT2D eigenvalue weighted by atomic mass is 10.1. The van der Waals surface area contributed by atoms with E-state index < -0.39 is 0 Å². The summed E-state index contributed by atoms with van der Waals surface area (Å²) in [5.41, 5.74) is 14.2. The SMILES string of the molecule is CC(=NNC(C)C)NC(=O)C1=CCC(c2ccc(Br)cc2F)=N1.CC(=NNC(C)C)NC(=O)c1cn2c(n1)-c1ccc(Br)cc1OCC2.CC1=CCC(c2ccc(Br)cc2F)=N1.CC1=CCC(c2ccc(Br)cc2F)=N1.Cc1cn(CCO)c(-c2ccc(Br)cc2F)n1. The van der Waals surface area contributed by atoms with E-state index in [1.54, 1.807) is 73.3 Å². The number of halogens is 9. The molecule has 2 amide bonds. The molecule has 7 aromatic rings. The molecule has 0 fully saturated rings. The Morgan fingerprint density at radius 2 is 1.00 bits per heavy atom. The lowest BCUT2D eigenvalue weighted by Gasteiger charge is -2.07. The molecule has 26 heteroatoms. The fraction of sp³-hybridized carbons (Fsp3) is 0.269. The number of hydrazone groups is 2. The number of rotatable bonds is 12. The number of aliphatic imine (C=N–C) groups is 3. The van der Waals surface area contributed by atoms with E-state index in [9.17, 15) is 27.2 Å². The first-order valence-electron chi connectivity index (χ1n) is 29.2. The van der Waals surface area contributed by atoms with Crippen LogP contribution in [0, 0.1) is 30.2 Å². The van der Waals surface area contributed by atoms with Gasteiger partial charge in [0.2, 0.25) is 0 Å². The van der Waals surface area contributed by atoms with Gasteiger partial charge < -0.3 is 40.5 Å². The summed E-state index contributed by atoms with van der Waals surface area (Å²) in [5, 5.41) is 22.5. The van der Waals surface area contributed by atoms with Crippen LogP contribution in [0.4, 0.5) is 17.6 Å². The number of aliphatic hydroxyl groups is 1. The monoisotopic (exact) mass is 1590 g/mol. The van der Waals surface area contributed by atoms with Crippen molar-refractivity contribution in [2.24, 2.45) is 25.2 Å². The summed E-state index contributed by atoms with van der Waals surface area (Å²) in [7, 11) is 0. The molecule has 5 N–H and O–H groups in total. The number of hydrogen-bond donors (Lipinski definition) is 5. The summed E-state index contributed by atoms with van der Waals surface area (Å²) < 4.78 is 68.0. The molecular formula is C67H68Br5F4N13O4. The highest BCUT2D eigenvalue weighted by Gasteiger charge is 2.23. The van der Waals surface area contributed by atoms with Crippen molar-refractivity contribution < 1.29 is 37.0 Å². The number of carbonyl (C=O) groups excluding carboxylic acids is 2. The molecule has 0 radical (unpaired) electrons. The van der Waals surface area contributed by atoms with Crippen molar-refractivity contribution in [3.8, 4) is 28.5 Å². The number of hydrogen-bond acceptors (Lipinski definition) is 13. The summed E-state index contributed by atoms with van der Waals surface area (Å²) in [4.78, 5) is 46.1. The molecule has 11 rings (SSSR count). The largest absolute Gasteiger partial charge is 0.491 e. The molecule has 0 saturated carbocycles. The first kappa shape index (κ1) is 72.9. The highest BCUT2D eigenvalue weighted by atomic mass is 79.9. The van der Waals surface area contributed by atoms with Crippen LogP contribution < -0.4 is 26.2 Å². The molecule has 93 heavy (non-hydrogen) atoms. The summed E-state index contributed by atoms with van der Waals surface area (Å²) in [6, 6.07) is 25.9. The fourth-order valence-electron chi connectivity index (χ4n) is 8.99. The molecule has 0 spiro atoms. The topological polar surface area (TPSA) is 209 Å². The van der Waals surface area contributed by atoms with Gasteiger partial charge in [-0.05, 0) is 159 Å². The van der Waals surface area contributed by atoms with E-state index in [2.05, 4.69) is 136 Å². The van der Waals surface area contributed by atoms with Crippen LogP contribution in [-0.2, 0) is 17.9 Å². The molecular weight excluding hydrogens is 1530 g/mol. The van der Waals surface area contributed by atoms with Crippen LogP contribution in [-0.4, -0.2) is 90.1 Å². The summed E-state index contributed by atoms with van der Waals surface area (Å²) in [5.74, 6) is 1.18. The van der Waals surface area contributed by atoms with Crippen LogP contribution in [0.15, 0.2) is 186 Å². The molecule has 4 aliphatic rings. The average Bonchev–Trinajstić information content (AvgIpc) is 1.71. The minimum absolute atomic E-state index is 0.000940. The Bertz CT molecular complexity index is 4070. The number of allylic oxidation sites excluding steroid dienone is 5. The van der Waals surface area contributed by atoms with Crippen LogP contribution in [0.5, 0.6) is 5.75 Å². The Morgan fingerprint density at radius 1 is 0.570 bits per heavy atom. The second-order valence-electron chi connectivity index (χ2n) is 21.7. The molecule has 6 heterocycles. The normalized spacial score (nSPS) is 13.9. The fourth-order valence-corrected chi connectivity index (χ4v) is 10.7. The molecule has 0 saturated heterocycles. The lowest BCUT2D eigenvalue weighted by Crippen LogP contribution is -2.31. The van der Waals surface area contributed by atoms with Crippen molar-refractivity contribution in [2.45, 2.75) is 107 Å². The quantitative estimate of drug-likeness (QED) is 0.0343. The number of amidine groups is 2. The molecule has 5 aromatic carbocycles. The highest BCUT2D eigenvalue weighted by molar-refractivity contribution is 9.11. The minimum atomic E-state index is -0.368. The number of aryl methyl sites for hydroxylation is 1. The van der Waals surface area contributed by atoms with Crippen molar-refractivity contribution in [3.05, 3.63) is 212 Å². The van der Waals surface area contributed by atoms with E-state index in [1.165, 1.54) is 24.3 Å². The van der Waals surface area contributed by atoms with Crippen LogP contribution >= 0.6 is 79.6 Å². The molecule has 0 bridgehead atoms. The van der Waals surface area contributed by atoms with E-state index in [0.717, 1.165) is 71.9 Å². The number of aromatic nitrogens is 4. The number of fused-ring (bicyclic) bond motifs is 3. The summed E-state index contributed by atoms with van der Waals surface area (Å²) in [6.45, 7) is 18.5. The number of nitrogens with zero attached hydrogens (tertiary/aromatic N) is 9. The number of benzene rings is 5. The molecule has 0 aliphatic carbocycles. The van der Waals surface area contributed by atoms with E-state index in [-0.39, 0.29) is 59.5 Å². The smallest absolute Gasteiger partial charge is 0.276 e. The molecule has 4 aliphatic heterocycles. The number of carbonyl (C=O) groups is 2. The van der Waals surface area contributed by atoms with E-state index in [4.69, 9.17) is 9.84 Å². The highest BCUT2D eigenvalue weighted by Crippen LogP contribution is 2.35. The number of nitrogens with one attached hydrogen (secondary N) is 4. The van der Waals surface area contributed by atoms with Crippen molar-refractivity contribution in [3.63, 3.8) is 0 Å². The number of imidazole rings is 2. The number of ether oxygens (including phenoxy) is 1. The van der Waals surface area contributed by atoms with Crippen molar-refractivity contribution in [2.75, 3.05) is 13.2 Å².